The van der Waals surface area contributed by atoms with Crippen molar-refractivity contribution in [2.45, 2.75) is 30.7 Å². The molecular weight excluding hydrogens is 444 g/mol. The van der Waals surface area contributed by atoms with E-state index >= 15 is 0 Å². The number of methoxy groups -OCH3 is 1. The molecule has 2 aromatic rings. The SMILES string of the molecule is COc1ccc(S(=O)(=O)N(C)CCCC(=O)N[C@@H](C)c2ccccc2Br)cc1. The minimum atomic E-state index is -3.59. The van der Waals surface area contributed by atoms with Crippen LogP contribution < -0.4 is 10.1 Å². The van der Waals surface area contributed by atoms with E-state index in [0.717, 1.165) is 10.0 Å². The third-order valence-corrected chi connectivity index (χ3v) is 6.99. The molecule has 2 aromatic carbocycles. The van der Waals surface area contributed by atoms with Crippen LogP contribution in [0.3, 0.4) is 0 Å². The molecule has 8 heteroatoms. The number of benzene rings is 2. The highest BCUT2D eigenvalue weighted by molar-refractivity contribution is 9.10. The molecule has 0 bridgehead atoms. The number of nitrogens with zero attached hydrogens (tertiary/aromatic N) is 1. The van der Waals surface area contributed by atoms with E-state index in [2.05, 4.69) is 21.2 Å². The van der Waals surface area contributed by atoms with E-state index in [4.69, 9.17) is 4.74 Å². The summed E-state index contributed by atoms with van der Waals surface area (Å²) in [6, 6.07) is 13.8. The highest BCUT2D eigenvalue weighted by Gasteiger charge is 2.21. The Morgan fingerprint density at radius 2 is 1.82 bits per heavy atom. The van der Waals surface area contributed by atoms with Gasteiger partial charge in [-0.25, -0.2) is 12.7 Å². The molecule has 152 valence electrons. The summed E-state index contributed by atoms with van der Waals surface area (Å²) in [5, 5.41) is 2.94. The highest BCUT2D eigenvalue weighted by atomic mass is 79.9. The van der Waals surface area contributed by atoms with Gasteiger partial charge in [-0.2, -0.15) is 0 Å². The Morgan fingerprint density at radius 3 is 2.43 bits per heavy atom. The van der Waals surface area contributed by atoms with Crippen LogP contribution in [-0.2, 0) is 14.8 Å². The Hall–Kier alpha value is -1.90. The number of carbonyl (C=O) groups excluding carboxylic acids is 1. The normalized spacial score (nSPS) is 12.6. The van der Waals surface area contributed by atoms with Crippen molar-refractivity contribution in [2.24, 2.45) is 0 Å². The van der Waals surface area contributed by atoms with E-state index in [0.29, 0.717) is 12.2 Å². The van der Waals surface area contributed by atoms with Gasteiger partial charge < -0.3 is 10.1 Å². The van der Waals surface area contributed by atoms with Crippen LogP contribution in [0.1, 0.15) is 31.4 Å². The van der Waals surface area contributed by atoms with Crippen LogP contribution in [0.15, 0.2) is 57.9 Å². The number of amides is 1. The number of halogens is 1. The molecule has 0 aromatic heterocycles. The highest BCUT2D eigenvalue weighted by Crippen LogP contribution is 2.23. The molecule has 1 N–H and O–H groups in total. The van der Waals surface area contributed by atoms with Gasteiger partial charge in [0.2, 0.25) is 15.9 Å². The monoisotopic (exact) mass is 468 g/mol. The molecule has 0 fully saturated rings. The first kappa shape index (κ1) is 22.4. The number of carbonyl (C=O) groups is 1. The van der Waals surface area contributed by atoms with Gasteiger partial charge in [-0.05, 0) is 49.2 Å². The second-order valence-electron chi connectivity index (χ2n) is 6.42. The zero-order valence-electron chi connectivity index (χ0n) is 16.2. The van der Waals surface area contributed by atoms with Gasteiger partial charge in [-0.3, -0.25) is 4.79 Å². The molecule has 0 heterocycles. The topological polar surface area (TPSA) is 75.7 Å². The van der Waals surface area contributed by atoms with Crippen LogP contribution in [0.25, 0.3) is 0 Å². The molecule has 0 aliphatic carbocycles. The maximum absolute atomic E-state index is 12.6. The summed E-state index contributed by atoms with van der Waals surface area (Å²) in [6.45, 7) is 2.17. The first-order valence-electron chi connectivity index (χ1n) is 8.90. The molecule has 0 unspecified atom stereocenters. The van der Waals surface area contributed by atoms with E-state index < -0.39 is 10.0 Å². The third kappa shape index (κ3) is 5.80. The van der Waals surface area contributed by atoms with Crippen LogP contribution in [0.2, 0.25) is 0 Å². The van der Waals surface area contributed by atoms with Crippen molar-refractivity contribution in [3.05, 3.63) is 58.6 Å². The van der Waals surface area contributed by atoms with Crippen LogP contribution >= 0.6 is 15.9 Å². The average Bonchev–Trinajstić information content (AvgIpc) is 2.68. The van der Waals surface area contributed by atoms with E-state index in [1.165, 1.54) is 30.6 Å². The van der Waals surface area contributed by atoms with Gasteiger partial charge in [0.1, 0.15) is 5.75 Å². The van der Waals surface area contributed by atoms with Gasteiger partial charge in [-0.15, -0.1) is 0 Å². The Bertz CT molecular complexity index is 901. The van der Waals surface area contributed by atoms with Gasteiger partial charge in [-0.1, -0.05) is 34.1 Å². The van der Waals surface area contributed by atoms with Crippen molar-refractivity contribution in [2.75, 3.05) is 20.7 Å². The summed E-state index contributed by atoms with van der Waals surface area (Å²) in [7, 11) is -0.553. The van der Waals surface area contributed by atoms with Crippen LogP contribution in [0.5, 0.6) is 5.75 Å². The lowest BCUT2D eigenvalue weighted by Gasteiger charge is -2.18. The molecule has 0 aliphatic rings. The van der Waals surface area contributed by atoms with Crippen molar-refractivity contribution >= 4 is 31.9 Å². The van der Waals surface area contributed by atoms with E-state index in [1.54, 1.807) is 12.1 Å². The second-order valence-corrected chi connectivity index (χ2v) is 9.32. The molecule has 2 rings (SSSR count). The smallest absolute Gasteiger partial charge is 0.242 e. The lowest BCUT2D eigenvalue weighted by Crippen LogP contribution is -2.30. The minimum Gasteiger partial charge on any atom is -0.497 e. The number of nitrogens with one attached hydrogen (secondary N) is 1. The average molecular weight is 469 g/mol. The van der Waals surface area contributed by atoms with E-state index in [1.807, 2.05) is 31.2 Å². The standard InChI is InChI=1S/C20H25BrN2O4S/c1-15(18-7-4-5-8-19(18)21)22-20(24)9-6-14-23(2)28(25,26)17-12-10-16(27-3)11-13-17/h4-5,7-8,10-13,15H,6,9,14H2,1-3H3,(H,22,24)/t15-/m0/s1. The molecule has 1 amide bonds. The largest absolute Gasteiger partial charge is 0.497 e. The zero-order valence-corrected chi connectivity index (χ0v) is 18.6. The quantitative estimate of drug-likeness (QED) is 0.607. The maximum atomic E-state index is 12.6. The Morgan fingerprint density at radius 1 is 1.18 bits per heavy atom. The molecule has 6 nitrogen and oxygen atoms in total. The van der Waals surface area contributed by atoms with Gasteiger partial charge in [0.05, 0.1) is 18.0 Å². The Balaban J connectivity index is 1.86. The summed E-state index contributed by atoms with van der Waals surface area (Å²) in [5.74, 6) is 0.482. The van der Waals surface area contributed by atoms with Crippen molar-refractivity contribution < 1.29 is 17.9 Å². The van der Waals surface area contributed by atoms with Gasteiger partial charge in [0, 0.05) is 24.5 Å². The summed E-state index contributed by atoms with van der Waals surface area (Å²) in [6.07, 6.45) is 0.678. The third-order valence-electron chi connectivity index (χ3n) is 4.39. The van der Waals surface area contributed by atoms with E-state index in [9.17, 15) is 13.2 Å². The number of sulfonamides is 1. The van der Waals surface area contributed by atoms with Crippen LogP contribution in [-0.4, -0.2) is 39.3 Å². The molecule has 1 atom stereocenters. The zero-order chi connectivity index (χ0) is 20.7. The Labute approximate surface area is 175 Å². The number of ether oxygens (including phenoxy) is 1. The summed E-state index contributed by atoms with van der Waals surface area (Å²) < 4.78 is 32.4. The molecule has 0 saturated heterocycles. The molecule has 28 heavy (non-hydrogen) atoms. The number of rotatable bonds is 9. The maximum Gasteiger partial charge on any atom is 0.242 e. The van der Waals surface area contributed by atoms with Crippen molar-refractivity contribution in [1.82, 2.24) is 9.62 Å². The van der Waals surface area contributed by atoms with Gasteiger partial charge in [0.25, 0.3) is 0 Å². The number of hydrogen-bond acceptors (Lipinski definition) is 4. The molecule has 0 saturated carbocycles. The first-order valence-corrected chi connectivity index (χ1v) is 11.1. The van der Waals surface area contributed by atoms with Gasteiger partial charge >= 0.3 is 0 Å². The molecule has 0 spiro atoms. The summed E-state index contributed by atoms with van der Waals surface area (Å²) >= 11 is 3.48. The molecule has 0 radical (unpaired) electrons. The van der Waals surface area contributed by atoms with E-state index in [-0.39, 0.29) is 29.8 Å². The second kappa shape index (κ2) is 10.0. The van der Waals surface area contributed by atoms with Crippen molar-refractivity contribution in [3.8, 4) is 5.75 Å². The lowest BCUT2D eigenvalue weighted by molar-refractivity contribution is -0.121. The molecular formula is C20H25BrN2O4S. The van der Waals surface area contributed by atoms with Crippen LogP contribution in [0, 0.1) is 0 Å². The molecule has 0 aliphatic heterocycles. The summed E-state index contributed by atoms with van der Waals surface area (Å²) in [4.78, 5) is 12.4. The predicted molar refractivity (Wildman–Crippen MR) is 113 cm³/mol. The minimum absolute atomic E-state index is 0.113. The summed E-state index contributed by atoms with van der Waals surface area (Å²) in [5.41, 5.74) is 0.995. The van der Waals surface area contributed by atoms with Crippen molar-refractivity contribution in [3.63, 3.8) is 0 Å². The lowest BCUT2D eigenvalue weighted by atomic mass is 10.1. The fourth-order valence-corrected chi connectivity index (χ4v) is 4.57. The predicted octanol–water partition coefficient (Wildman–Crippen LogP) is 3.74. The van der Waals surface area contributed by atoms with Crippen LogP contribution in [0.4, 0.5) is 0 Å². The fraction of sp³-hybridized carbons (Fsp3) is 0.350. The Kier molecular flexibility index (Phi) is 8.03. The fourth-order valence-electron chi connectivity index (χ4n) is 2.73. The first-order chi connectivity index (χ1) is 13.3. The van der Waals surface area contributed by atoms with Crippen molar-refractivity contribution in [1.29, 1.82) is 0 Å². The van der Waals surface area contributed by atoms with Gasteiger partial charge in [0.15, 0.2) is 0 Å². The number of hydrogen-bond donors (Lipinski definition) is 1.